The Bertz CT molecular complexity index is 2680. The number of anilines is 2. The largest absolute Gasteiger partial charge is 0.414 e. The van der Waals surface area contributed by atoms with Gasteiger partial charge in [0.15, 0.2) is 35.4 Å². The molecule has 5 aromatic rings. The lowest BCUT2D eigenvalue weighted by Gasteiger charge is -2.51. The number of carbonyl (C=O) groups is 1. The molecule has 0 bridgehead atoms. The van der Waals surface area contributed by atoms with Crippen LogP contribution in [-0.2, 0) is 27.2 Å². The lowest BCUT2D eigenvalue weighted by atomic mass is 10.2. The Balaban J connectivity index is 0.000000274. The van der Waals surface area contributed by atoms with Gasteiger partial charge in [-0.05, 0) is 84.7 Å². The Morgan fingerprint density at radius 3 is 1.61 bits per heavy atom. The number of fused-ring (bicyclic) bond motifs is 3. The van der Waals surface area contributed by atoms with Crippen LogP contribution in [0.25, 0.3) is 22.3 Å². The van der Waals surface area contributed by atoms with Gasteiger partial charge < -0.3 is 48.9 Å². The van der Waals surface area contributed by atoms with E-state index in [2.05, 4.69) is 99.1 Å². The maximum absolute atomic E-state index is 12.9. The minimum absolute atomic E-state index is 0. The van der Waals surface area contributed by atoms with Gasteiger partial charge in [0.1, 0.15) is 55.5 Å². The quantitative estimate of drug-likeness (QED) is 0.0197. The molecule has 84 heavy (non-hydrogen) atoms. The summed E-state index contributed by atoms with van der Waals surface area (Å²) < 4.78 is 55.8. The van der Waals surface area contributed by atoms with Crippen molar-refractivity contribution >= 4 is 111 Å². The predicted molar refractivity (Wildman–Crippen MR) is 349 cm³/mol. The highest BCUT2D eigenvalue weighted by molar-refractivity contribution is 8.77. The van der Waals surface area contributed by atoms with Crippen LogP contribution in [0.5, 0.6) is 0 Å². The molecule has 1 aromatic carbocycles. The van der Waals surface area contributed by atoms with Crippen LogP contribution >= 0.6 is 54.8 Å². The smallest absolute Gasteiger partial charge is 0.335 e. The second-order valence-electron chi connectivity index (χ2n) is 21.7. The average molecular weight is 1310 g/mol. The van der Waals surface area contributed by atoms with Crippen LogP contribution in [0.15, 0.2) is 55.6 Å². The van der Waals surface area contributed by atoms with Gasteiger partial charge in [-0.3, -0.25) is 13.9 Å². The molecule has 0 aliphatic carbocycles. The number of carbonyl (C=O) groups excluding carboxylic acids is 1. The normalized spacial score (nSPS) is 23.5. The maximum atomic E-state index is 12.9. The Kier molecular flexibility index (Phi) is 31.1. The van der Waals surface area contributed by atoms with E-state index in [0.717, 1.165) is 37.6 Å². The minimum atomic E-state index is -2.77. The zero-order valence-electron chi connectivity index (χ0n) is 50.6. The topological polar surface area (TPSA) is 252 Å². The number of rotatable bonds is 19. The Hall–Kier alpha value is -2.72. The molecule has 28 heteroatoms. The van der Waals surface area contributed by atoms with Gasteiger partial charge >= 0.3 is 17.1 Å². The first-order valence-electron chi connectivity index (χ1n) is 29.1. The molecule has 20 nitrogen and oxygen atoms in total. The van der Waals surface area contributed by atoms with E-state index in [9.17, 15) is 19.5 Å². The van der Waals surface area contributed by atoms with E-state index in [4.69, 9.17) is 50.2 Å². The van der Waals surface area contributed by atoms with Crippen molar-refractivity contribution in [2.75, 3.05) is 69.0 Å². The van der Waals surface area contributed by atoms with Gasteiger partial charge in [0.25, 0.3) is 5.24 Å². The summed E-state index contributed by atoms with van der Waals surface area (Å²) in [6, 6.07) is 8.74. The zero-order valence-corrected chi connectivity index (χ0v) is 56.7. The fourth-order valence-corrected chi connectivity index (χ4v) is 27.2. The molecule has 4 fully saturated rings. The first kappa shape index (κ1) is 73.8. The van der Waals surface area contributed by atoms with Crippen LogP contribution < -0.4 is 11.5 Å². The summed E-state index contributed by atoms with van der Waals surface area (Å²) in [5.41, 5.74) is 15.9. The van der Waals surface area contributed by atoms with Crippen molar-refractivity contribution in [2.24, 2.45) is 0 Å². The molecule has 0 spiro atoms. The van der Waals surface area contributed by atoms with Crippen molar-refractivity contribution in [3.8, 4) is 0 Å². The Labute approximate surface area is 521 Å². The monoisotopic (exact) mass is 1300 g/mol. The zero-order chi connectivity index (χ0) is 61.1. The van der Waals surface area contributed by atoms with E-state index in [0.29, 0.717) is 65.8 Å². The standard InChI is InChI=1S/C25H45N5O4S2Si2.C13H19N5O3S2.C7H5ClO.C6H15FN.C4H8O.CH4/c1-10-11-35-36-22-21-19(32-25(22)30-14-29-20-23(26)27-13-28-24(20)30)12-31-37(15(2)3,16(4)5)34-38(33-21,17(6)7)18(8)9;1-2-3-22-23-10-9(20)7(4-19)21-13(10)18-6-17-8-11(14)15-5-16-12(8)18;8-7(9)6-4-2-1-3-5-6;1-4-8(7,5-2)6-3;1-2-4-5-3-1;/h13-19,21-22,25H,10-12H2,1-9H3,(H2,26,27,28);5-7,9-10,13,19-20H,2-4H2,1H3,(H2,14,15,16);1-5H;4-6H2,1-3H3;1-4H2;1H4/q;;;+1;;/t19-,21+,22?,25-;7-,9+,10?,13-;;;;/m11..../s1. The highest BCUT2D eigenvalue weighted by Crippen LogP contribution is 2.52. The Morgan fingerprint density at radius 1 is 0.738 bits per heavy atom. The summed E-state index contributed by atoms with van der Waals surface area (Å²) in [4.78, 5) is 36.0. The number of benzene rings is 1. The summed E-state index contributed by atoms with van der Waals surface area (Å²) in [6.45, 7) is 31.9. The molecule has 474 valence electrons. The molecule has 4 aliphatic heterocycles. The Morgan fingerprint density at radius 2 is 1.21 bits per heavy atom. The van der Waals surface area contributed by atoms with E-state index in [1.54, 1.807) is 63.1 Å². The molecule has 0 radical (unpaired) electrons. The summed E-state index contributed by atoms with van der Waals surface area (Å²) in [5, 5.41) is 19.2. The number of hydrogen-bond donors (Lipinski definition) is 4. The van der Waals surface area contributed by atoms with E-state index in [1.807, 2.05) is 53.0 Å². The number of nitrogens with zero attached hydrogens (tertiary/aromatic N) is 9. The number of aliphatic hydroxyl groups excluding tert-OH is 2. The highest BCUT2D eigenvalue weighted by atomic mass is 35.5. The summed E-state index contributed by atoms with van der Waals surface area (Å²) in [5.74, 6) is 2.69. The highest BCUT2D eigenvalue weighted by Gasteiger charge is 2.62. The van der Waals surface area contributed by atoms with Gasteiger partial charge in [0.05, 0.1) is 48.6 Å². The van der Waals surface area contributed by atoms with Gasteiger partial charge in [0.2, 0.25) is 0 Å². The minimum Gasteiger partial charge on any atom is -0.414 e. The first-order valence-corrected chi connectivity index (χ1v) is 38.1. The molecular formula is C56H96ClFN11O9S4Si2+. The lowest BCUT2D eigenvalue weighted by Crippen LogP contribution is -2.65. The lowest BCUT2D eigenvalue weighted by molar-refractivity contribution is -1.05. The third-order valence-corrected chi connectivity index (χ3v) is 31.4. The fourth-order valence-electron chi connectivity index (χ4n) is 9.93. The number of aliphatic hydroxyl groups is 2. The second kappa shape index (κ2) is 35.5. The van der Waals surface area contributed by atoms with Crippen molar-refractivity contribution < 1.29 is 51.4 Å². The van der Waals surface area contributed by atoms with Crippen molar-refractivity contribution in [3.05, 3.63) is 61.2 Å². The summed E-state index contributed by atoms with van der Waals surface area (Å²) >= 11 is 5.16. The van der Waals surface area contributed by atoms with E-state index in [-0.39, 0.29) is 69.8 Å². The molecule has 4 aromatic heterocycles. The molecule has 2 unspecified atom stereocenters. The van der Waals surface area contributed by atoms with Gasteiger partial charge in [-0.1, -0.05) is 150 Å². The number of nitrogen functional groups attached to an aromatic ring is 2. The van der Waals surface area contributed by atoms with Crippen LogP contribution in [0, 0.1) is 0 Å². The maximum Gasteiger partial charge on any atom is 0.335 e. The van der Waals surface area contributed by atoms with Gasteiger partial charge in [-0.25, -0.2) is 29.9 Å². The van der Waals surface area contributed by atoms with E-state index in [1.165, 1.54) is 25.5 Å². The molecule has 8 heterocycles. The van der Waals surface area contributed by atoms with E-state index < -0.39 is 40.8 Å². The second-order valence-corrected chi connectivity index (χ2v) is 36.2. The molecule has 6 N–H and O–H groups in total. The number of hydrogen-bond acceptors (Lipinski definition) is 21. The van der Waals surface area contributed by atoms with Crippen molar-refractivity contribution in [1.29, 1.82) is 0 Å². The van der Waals surface area contributed by atoms with Crippen LogP contribution in [0.1, 0.15) is 146 Å². The van der Waals surface area contributed by atoms with Crippen molar-refractivity contribution in [2.45, 2.75) is 193 Å². The van der Waals surface area contributed by atoms with Crippen LogP contribution in [0.3, 0.4) is 0 Å². The molecule has 9 rings (SSSR count). The molecule has 4 aliphatic rings. The third kappa shape index (κ3) is 18.4. The number of ether oxygens (including phenoxy) is 3. The third-order valence-electron chi connectivity index (χ3n) is 14.9. The SMILES string of the molecule is C.C1CCOC1.CCCSSC1[C@@H](O)[C@@H](CO)O[C@H]1n1cnc2c(N)ncnc21.CCCSSC1[C@H]2O[Si](C(C)C)(C(C)C)O[Si](C(C)C)(C(C)C)OC[C@H]2O[C@H]1n1cnc2c(N)ncnc21.CC[N+](F)(CC)CC.O=C(Cl)c1ccccc1. The number of quaternary nitrogens is 1. The number of imidazole rings is 2. The van der Waals surface area contributed by atoms with Crippen molar-refractivity contribution in [3.63, 3.8) is 0 Å². The fraction of sp³-hybridized carbons (Fsp3) is 0.696. The van der Waals surface area contributed by atoms with Gasteiger partial charge in [0, 0.05) is 30.3 Å². The molecule has 4 saturated heterocycles. The number of halogens is 2. The summed E-state index contributed by atoms with van der Waals surface area (Å²) in [6.07, 6.45) is 8.30. The first-order chi connectivity index (χ1) is 39.6. The van der Waals surface area contributed by atoms with E-state index >= 15 is 0 Å². The van der Waals surface area contributed by atoms with Gasteiger partial charge in [-0.2, -0.15) is 0 Å². The molecule has 0 saturated carbocycles. The van der Waals surface area contributed by atoms with Crippen molar-refractivity contribution in [1.82, 2.24) is 39.0 Å². The molecule has 0 amide bonds. The predicted octanol–water partition coefficient (Wildman–Crippen LogP) is 12.5. The molecular weight excluding hydrogens is 1210 g/mol. The molecule has 8 atom stereocenters. The average Bonchev–Trinajstić information content (AvgIpc) is 2.04. The van der Waals surface area contributed by atoms with Crippen LogP contribution in [-0.4, -0.2) is 169 Å². The van der Waals surface area contributed by atoms with Gasteiger partial charge in [-0.15, -0.1) is 4.71 Å². The van der Waals surface area contributed by atoms with Crippen LogP contribution in [0.4, 0.5) is 16.1 Å². The van der Waals surface area contributed by atoms with Crippen LogP contribution in [0.2, 0.25) is 22.2 Å². The number of aromatic nitrogens is 8. The summed E-state index contributed by atoms with van der Waals surface area (Å²) in [7, 11) is 1.52. The number of nitrogens with two attached hydrogens (primary N) is 2.